The number of ether oxygens (including phenoxy) is 1. The van der Waals surface area contributed by atoms with E-state index in [1.54, 1.807) is 36.7 Å². The predicted molar refractivity (Wildman–Crippen MR) is 163 cm³/mol. The van der Waals surface area contributed by atoms with Gasteiger partial charge in [0.2, 0.25) is 5.95 Å². The third kappa shape index (κ3) is 5.71. The van der Waals surface area contributed by atoms with E-state index < -0.39 is 18.0 Å². The molecule has 3 N–H and O–H groups in total. The zero-order chi connectivity index (χ0) is 30.2. The van der Waals surface area contributed by atoms with E-state index in [0.717, 1.165) is 63.4 Å². The molecule has 0 amide bonds. The molecule has 0 radical (unpaired) electrons. The average molecular weight is 597 g/mol. The molecule has 5 aromatic rings. The molecule has 1 saturated carbocycles. The fraction of sp³-hybridized carbons (Fsp3) is 0.344. The Morgan fingerprint density at radius 3 is 2.70 bits per heavy atom. The molecular weight excluding hydrogens is 563 g/mol. The minimum absolute atomic E-state index is 0.0170. The van der Waals surface area contributed by atoms with Crippen LogP contribution in [0.25, 0.3) is 27.8 Å². The summed E-state index contributed by atoms with van der Waals surface area (Å²) < 4.78 is 23.9. The average Bonchev–Trinajstić information content (AvgIpc) is 3.79. The lowest BCUT2D eigenvalue weighted by molar-refractivity contribution is 0.0359. The second-order valence-corrected chi connectivity index (χ2v) is 11.4. The van der Waals surface area contributed by atoms with Crippen molar-refractivity contribution in [2.24, 2.45) is 0 Å². The third-order valence-corrected chi connectivity index (χ3v) is 8.33. The van der Waals surface area contributed by atoms with Crippen molar-refractivity contribution in [1.29, 1.82) is 0 Å². The first-order chi connectivity index (χ1) is 21.5. The molecular formula is C32H33FN8O3. The van der Waals surface area contributed by atoms with Gasteiger partial charge in [0.25, 0.3) is 5.56 Å². The van der Waals surface area contributed by atoms with Crippen molar-refractivity contribution in [3.05, 3.63) is 93.7 Å². The van der Waals surface area contributed by atoms with Gasteiger partial charge in [0.05, 0.1) is 43.6 Å². The van der Waals surface area contributed by atoms with Gasteiger partial charge in [0.1, 0.15) is 11.6 Å². The highest BCUT2D eigenvalue weighted by molar-refractivity contribution is 5.83. The van der Waals surface area contributed by atoms with Gasteiger partial charge < -0.3 is 15.6 Å². The standard InChI is InChI=1S/C32H33FN8O3/c33-26-16-23(21-4-5-21)15-22-6-7-41(31(43)29(22)26)27-3-1-2-24(25(27)19-42)30-36-28(37-32(34)38-30)14-20-17-35-40(18-20)9-8-39-10-12-44-13-11-39/h1-3,6-7,15-18,21,42H,4-5,8-14,19H2,(H2,34,36,37,38). The zero-order valence-corrected chi connectivity index (χ0v) is 24.2. The number of halogens is 1. The van der Waals surface area contributed by atoms with Crippen LogP contribution >= 0.6 is 0 Å². The van der Waals surface area contributed by atoms with Crippen molar-refractivity contribution in [3.8, 4) is 17.1 Å². The topological polar surface area (TPSA) is 137 Å². The molecule has 226 valence electrons. The van der Waals surface area contributed by atoms with Crippen molar-refractivity contribution in [1.82, 2.24) is 34.2 Å². The van der Waals surface area contributed by atoms with E-state index in [-0.39, 0.29) is 17.2 Å². The molecule has 1 saturated heterocycles. The molecule has 2 fully saturated rings. The summed E-state index contributed by atoms with van der Waals surface area (Å²) in [7, 11) is 0. The fourth-order valence-corrected chi connectivity index (χ4v) is 5.88. The van der Waals surface area contributed by atoms with E-state index in [1.807, 2.05) is 16.9 Å². The van der Waals surface area contributed by atoms with Crippen LogP contribution in [0, 0.1) is 5.82 Å². The molecule has 1 aliphatic carbocycles. The number of aliphatic hydroxyl groups excluding tert-OH is 1. The van der Waals surface area contributed by atoms with Crippen molar-refractivity contribution >= 4 is 16.7 Å². The van der Waals surface area contributed by atoms with E-state index in [2.05, 4.69) is 25.0 Å². The summed E-state index contributed by atoms with van der Waals surface area (Å²) in [4.78, 5) is 29.3. The van der Waals surface area contributed by atoms with Gasteiger partial charge in [-0.2, -0.15) is 15.1 Å². The zero-order valence-electron chi connectivity index (χ0n) is 24.2. The highest BCUT2D eigenvalue weighted by Gasteiger charge is 2.25. The fourth-order valence-electron chi connectivity index (χ4n) is 5.88. The number of pyridine rings is 1. The summed E-state index contributed by atoms with van der Waals surface area (Å²) in [6.07, 6.45) is 7.84. The second kappa shape index (κ2) is 11.9. The first-order valence-electron chi connectivity index (χ1n) is 14.9. The van der Waals surface area contributed by atoms with E-state index in [0.29, 0.717) is 40.4 Å². The van der Waals surface area contributed by atoms with Crippen LogP contribution in [0.1, 0.15) is 41.3 Å². The van der Waals surface area contributed by atoms with Crippen LogP contribution in [0.15, 0.2) is 59.8 Å². The quantitative estimate of drug-likeness (QED) is 0.263. The lowest BCUT2D eigenvalue weighted by Crippen LogP contribution is -2.38. The van der Waals surface area contributed by atoms with Crippen LogP contribution in [0.4, 0.5) is 10.3 Å². The summed E-state index contributed by atoms with van der Waals surface area (Å²) in [6, 6.07) is 10.3. The van der Waals surface area contributed by atoms with Crippen LogP contribution in [0.5, 0.6) is 0 Å². The normalized spacial score (nSPS) is 15.7. The Morgan fingerprint density at radius 1 is 1.07 bits per heavy atom. The summed E-state index contributed by atoms with van der Waals surface area (Å²) in [5.41, 5.74) is 8.77. The van der Waals surface area contributed by atoms with E-state index in [9.17, 15) is 9.90 Å². The maximum atomic E-state index is 15.2. The van der Waals surface area contributed by atoms with Gasteiger partial charge in [-0.1, -0.05) is 18.2 Å². The number of anilines is 1. The molecule has 2 aromatic carbocycles. The lowest BCUT2D eigenvalue weighted by atomic mass is 10.0. The number of nitrogens with zero attached hydrogens (tertiary/aromatic N) is 7. The Hall–Kier alpha value is -4.52. The number of benzene rings is 2. The Labute approximate surface area is 252 Å². The minimum Gasteiger partial charge on any atom is -0.392 e. The SMILES string of the molecule is Nc1nc(Cc2cnn(CCN3CCOCC3)c2)nc(-c2cccc(-n3ccc4cc(C5CC5)cc(F)c4c3=O)c2CO)n1. The van der Waals surface area contributed by atoms with Gasteiger partial charge in [-0.05, 0) is 53.5 Å². The number of aromatic nitrogens is 6. The number of hydrogen-bond acceptors (Lipinski definition) is 9. The summed E-state index contributed by atoms with van der Waals surface area (Å²) in [6.45, 7) is 4.60. The molecule has 0 bridgehead atoms. The summed E-state index contributed by atoms with van der Waals surface area (Å²) in [5, 5.41) is 15.6. The first-order valence-corrected chi connectivity index (χ1v) is 14.9. The van der Waals surface area contributed by atoms with Crippen molar-refractivity contribution in [2.45, 2.75) is 38.3 Å². The Morgan fingerprint density at radius 2 is 1.91 bits per heavy atom. The van der Waals surface area contributed by atoms with Crippen molar-refractivity contribution in [3.63, 3.8) is 0 Å². The number of fused-ring (bicyclic) bond motifs is 1. The molecule has 7 rings (SSSR count). The summed E-state index contributed by atoms with van der Waals surface area (Å²) >= 11 is 0. The monoisotopic (exact) mass is 596 g/mol. The molecule has 0 unspecified atom stereocenters. The third-order valence-electron chi connectivity index (χ3n) is 8.33. The van der Waals surface area contributed by atoms with Gasteiger partial charge in [-0.3, -0.25) is 18.9 Å². The Kier molecular flexibility index (Phi) is 7.62. The van der Waals surface area contributed by atoms with Gasteiger partial charge >= 0.3 is 0 Å². The smallest absolute Gasteiger partial charge is 0.265 e. The highest BCUT2D eigenvalue weighted by Crippen LogP contribution is 2.41. The lowest BCUT2D eigenvalue weighted by Gasteiger charge is -2.26. The van der Waals surface area contributed by atoms with E-state index in [1.165, 1.54) is 10.6 Å². The van der Waals surface area contributed by atoms with Crippen LogP contribution in [-0.2, 0) is 24.3 Å². The molecule has 12 heteroatoms. The number of hydrogen-bond donors (Lipinski definition) is 2. The Balaban J connectivity index is 1.18. The van der Waals surface area contributed by atoms with Crippen LogP contribution in [0.2, 0.25) is 0 Å². The predicted octanol–water partition coefficient (Wildman–Crippen LogP) is 3.05. The number of aliphatic hydroxyl groups is 1. The maximum Gasteiger partial charge on any atom is 0.265 e. The molecule has 44 heavy (non-hydrogen) atoms. The van der Waals surface area contributed by atoms with Crippen molar-refractivity contribution in [2.75, 3.05) is 38.6 Å². The van der Waals surface area contributed by atoms with Crippen LogP contribution in [0.3, 0.4) is 0 Å². The molecule has 3 aromatic heterocycles. The van der Waals surface area contributed by atoms with E-state index >= 15 is 4.39 Å². The van der Waals surface area contributed by atoms with Crippen molar-refractivity contribution < 1.29 is 14.2 Å². The number of nitrogens with two attached hydrogens (primary N) is 1. The largest absolute Gasteiger partial charge is 0.392 e. The van der Waals surface area contributed by atoms with Crippen LogP contribution < -0.4 is 11.3 Å². The van der Waals surface area contributed by atoms with Gasteiger partial charge in [0, 0.05) is 49.6 Å². The molecule has 2 aliphatic rings. The molecule has 0 atom stereocenters. The number of rotatable bonds is 9. The molecule has 0 spiro atoms. The minimum atomic E-state index is -0.537. The molecule has 11 nitrogen and oxygen atoms in total. The van der Waals surface area contributed by atoms with Crippen LogP contribution in [-0.4, -0.2) is 72.2 Å². The number of morpholine rings is 1. The number of nitrogen functional groups attached to an aromatic ring is 1. The molecule has 1 aliphatic heterocycles. The first kappa shape index (κ1) is 28.3. The van der Waals surface area contributed by atoms with Gasteiger partial charge in [-0.25, -0.2) is 9.37 Å². The maximum absolute atomic E-state index is 15.2. The Bertz CT molecular complexity index is 1900. The van der Waals surface area contributed by atoms with Gasteiger partial charge in [-0.15, -0.1) is 0 Å². The molecule has 4 heterocycles. The van der Waals surface area contributed by atoms with Gasteiger partial charge in [0.15, 0.2) is 5.82 Å². The van der Waals surface area contributed by atoms with E-state index in [4.69, 9.17) is 10.5 Å². The second-order valence-electron chi connectivity index (χ2n) is 11.4. The highest BCUT2D eigenvalue weighted by atomic mass is 19.1. The summed E-state index contributed by atoms with van der Waals surface area (Å²) in [5.74, 6) is 0.585.